The second kappa shape index (κ2) is 12.6. The minimum absolute atomic E-state index is 0.375. The quantitative estimate of drug-likeness (QED) is 0.399. The number of anilines is 1. The molecule has 4 rings (SSSR count). The number of carbonyl (C=O) groups is 1. The molecule has 0 atom stereocenters. The van der Waals surface area contributed by atoms with E-state index >= 15 is 0 Å². The number of carbonyl (C=O) groups excluding carboxylic acids is 1. The van der Waals surface area contributed by atoms with Gasteiger partial charge in [-0.3, -0.25) is 14.8 Å². The lowest BCUT2D eigenvalue weighted by molar-refractivity contribution is 0.110. The van der Waals surface area contributed by atoms with Crippen LogP contribution in [0.4, 0.5) is 5.69 Å². The summed E-state index contributed by atoms with van der Waals surface area (Å²) in [5.74, 6) is 2.30. The lowest BCUT2D eigenvalue weighted by Crippen LogP contribution is -2.52. The zero-order chi connectivity index (χ0) is 24.3. The molecule has 1 saturated heterocycles. The number of rotatable bonds is 5. The van der Waals surface area contributed by atoms with Gasteiger partial charge >= 0.3 is 0 Å². The van der Waals surface area contributed by atoms with E-state index in [1.54, 1.807) is 12.1 Å². The summed E-state index contributed by atoms with van der Waals surface area (Å²) in [6.45, 7) is 6.95. The van der Waals surface area contributed by atoms with Crippen LogP contribution < -0.4 is 10.6 Å². The first-order valence-corrected chi connectivity index (χ1v) is 11.5. The van der Waals surface area contributed by atoms with Gasteiger partial charge in [-0.2, -0.15) is 5.10 Å². The summed E-state index contributed by atoms with van der Waals surface area (Å²) in [5, 5.41) is 13.5. The molecule has 0 amide bonds. The van der Waals surface area contributed by atoms with E-state index in [4.69, 9.17) is 0 Å². The van der Waals surface area contributed by atoms with Crippen LogP contribution >= 0.6 is 0 Å². The highest BCUT2D eigenvalue weighted by atomic mass is 16.3. The molecular weight excluding hydrogens is 430 g/mol. The van der Waals surface area contributed by atoms with Crippen molar-refractivity contribution in [3.05, 3.63) is 65.4 Å². The standard InChI is InChI=1S/C20H31N7.C5H4O2/c1-16-7-5-6-8-18(16)22-15-17-9-10-23-26(4)19(17)24-20(21-2)27-13-11-25(3)12-14-27;6-4-5-2-1-3-7-5/h5-8,10,22H,9,11-15H2,1-4H3,(H,21,24);1-4H. The van der Waals surface area contributed by atoms with Crippen LogP contribution in [-0.4, -0.2) is 87.1 Å². The summed E-state index contributed by atoms with van der Waals surface area (Å²) in [7, 11) is 5.98. The van der Waals surface area contributed by atoms with Gasteiger partial charge in [0.2, 0.25) is 0 Å². The van der Waals surface area contributed by atoms with E-state index in [-0.39, 0.29) is 0 Å². The summed E-state index contributed by atoms with van der Waals surface area (Å²) in [4.78, 5) is 18.9. The van der Waals surface area contributed by atoms with Crippen LogP contribution in [0.15, 0.2) is 68.6 Å². The lowest BCUT2D eigenvalue weighted by Gasteiger charge is -2.36. The van der Waals surface area contributed by atoms with Crippen molar-refractivity contribution in [2.24, 2.45) is 10.1 Å². The number of nitrogens with zero attached hydrogens (tertiary/aromatic N) is 5. The van der Waals surface area contributed by atoms with E-state index in [0.29, 0.717) is 12.0 Å². The summed E-state index contributed by atoms with van der Waals surface area (Å²) < 4.78 is 4.61. The predicted molar refractivity (Wildman–Crippen MR) is 137 cm³/mol. The van der Waals surface area contributed by atoms with Gasteiger partial charge in [-0.25, -0.2) is 0 Å². The molecule has 1 aromatic heterocycles. The SMILES string of the molecule is CN=C(NC1=C(CNc2ccccc2C)CC=NN1C)N1CCN(C)CC1.O=Cc1ccco1. The predicted octanol–water partition coefficient (Wildman–Crippen LogP) is 2.85. The number of guanidine groups is 1. The average Bonchev–Trinajstić information content (AvgIpc) is 3.38. The maximum absolute atomic E-state index is 9.77. The summed E-state index contributed by atoms with van der Waals surface area (Å²) >= 11 is 0. The molecule has 2 aliphatic rings. The van der Waals surface area contributed by atoms with Gasteiger partial charge < -0.3 is 24.9 Å². The van der Waals surface area contributed by atoms with Crippen molar-refractivity contribution in [2.75, 3.05) is 59.2 Å². The van der Waals surface area contributed by atoms with E-state index in [0.717, 1.165) is 56.6 Å². The maximum atomic E-state index is 9.77. The first kappa shape index (κ1) is 25.0. The Morgan fingerprint density at radius 3 is 2.53 bits per heavy atom. The summed E-state index contributed by atoms with van der Waals surface area (Å²) in [6, 6.07) is 11.6. The number of hydrogen-bond acceptors (Lipinski definition) is 7. The number of furan rings is 1. The van der Waals surface area contributed by atoms with Crippen LogP contribution in [0.5, 0.6) is 0 Å². The van der Waals surface area contributed by atoms with Gasteiger partial charge in [-0.15, -0.1) is 0 Å². The number of aliphatic imine (C=N–C) groups is 1. The third-order valence-electron chi connectivity index (χ3n) is 5.79. The van der Waals surface area contributed by atoms with Crippen LogP contribution in [-0.2, 0) is 0 Å². The fraction of sp³-hybridized carbons (Fsp3) is 0.400. The highest BCUT2D eigenvalue weighted by Gasteiger charge is 2.21. The molecule has 34 heavy (non-hydrogen) atoms. The van der Waals surface area contributed by atoms with E-state index in [2.05, 4.69) is 73.2 Å². The minimum atomic E-state index is 0.375. The normalized spacial score (nSPS) is 16.8. The smallest absolute Gasteiger partial charge is 0.199 e. The zero-order valence-corrected chi connectivity index (χ0v) is 20.5. The summed E-state index contributed by atoms with van der Waals surface area (Å²) in [5.41, 5.74) is 3.68. The van der Waals surface area contributed by atoms with Gasteiger partial charge in [0, 0.05) is 65.1 Å². The first-order chi connectivity index (χ1) is 16.5. The van der Waals surface area contributed by atoms with Crippen LogP contribution in [0, 0.1) is 6.92 Å². The Morgan fingerprint density at radius 2 is 1.91 bits per heavy atom. The van der Waals surface area contributed by atoms with E-state index < -0.39 is 0 Å². The maximum Gasteiger partial charge on any atom is 0.199 e. The van der Waals surface area contributed by atoms with Gasteiger partial charge in [0.1, 0.15) is 5.82 Å². The van der Waals surface area contributed by atoms with Crippen LogP contribution in [0.3, 0.4) is 0 Å². The molecule has 1 fully saturated rings. The molecule has 9 heteroatoms. The fourth-order valence-electron chi connectivity index (χ4n) is 3.71. The topological polar surface area (TPSA) is 88.7 Å². The molecule has 0 spiro atoms. The lowest BCUT2D eigenvalue weighted by atomic mass is 10.1. The van der Waals surface area contributed by atoms with Gasteiger partial charge in [0.05, 0.1) is 6.26 Å². The Kier molecular flexibility index (Phi) is 9.28. The Balaban J connectivity index is 0.000000396. The Hall–Kier alpha value is -3.59. The number of hydrazone groups is 1. The number of likely N-dealkylation sites (N-methyl/N-ethyl adjacent to an activating group) is 1. The molecule has 0 aliphatic carbocycles. The zero-order valence-electron chi connectivity index (χ0n) is 20.5. The molecule has 9 nitrogen and oxygen atoms in total. The van der Waals surface area contributed by atoms with Gasteiger partial charge in [0.25, 0.3) is 0 Å². The fourth-order valence-corrected chi connectivity index (χ4v) is 3.71. The molecule has 182 valence electrons. The summed E-state index contributed by atoms with van der Waals surface area (Å²) in [6.07, 6.45) is 4.91. The van der Waals surface area contributed by atoms with Crippen molar-refractivity contribution < 1.29 is 9.21 Å². The highest BCUT2D eigenvalue weighted by molar-refractivity contribution is 5.82. The van der Waals surface area contributed by atoms with Crippen molar-refractivity contribution in [3.8, 4) is 0 Å². The Bertz CT molecular complexity index is 1010. The Labute approximate surface area is 201 Å². The monoisotopic (exact) mass is 465 g/mol. The molecule has 0 bridgehead atoms. The highest BCUT2D eigenvalue weighted by Crippen LogP contribution is 2.18. The third-order valence-corrected chi connectivity index (χ3v) is 5.79. The average molecular weight is 466 g/mol. The molecule has 3 heterocycles. The van der Waals surface area contributed by atoms with Crippen molar-refractivity contribution in [3.63, 3.8) is 0 Å². The van der Waals surface area contributed by atoms with Crippen LogP contribution in [0.2, 0.25) is 0 Å². The number of piperazine rings is 1. The molecular formula is C25H35N7O2. The van der Waals surface area contributed by atoms with Crippen molar-refractivity contribution in [1.29, 1.82) is 0 Å². The minimum Gasteiger partial charge on any atom is -0.462 e. The number of aldehydes is 1. The molecule has 0 saturated carbocycles. The van der Waals surface area contributed by atoms with E-state index in [1.165, 1.54) is 17.4 Å². The van der Waals surface area contributed by atoms with Crippen molar-refractivity contribution >= 4 is 24.1 Å². The molecule has 1 aromatic carbocycles. The largest absolute Gasteiger partial charge is 0.462 e. The molecule has 0 radical (unpaired) electrons. The first-order valence-electron chi connectivity index (χ1n) is 11.5. The van der Waals surface area contributed by atoms with Gasteiger partial charge in [-0.05, 0) is 43.3 Å². The third kappa shape index (κ3) is 6.95. The molecule has 2 aromatic rings. The van der Waals surface area contributed by atoms with Gasteiger partial charge in [-0.1, -0.05) is 18.2 Å². The number of benzene rings is 1. The van der Waals surface area contributed by atoms with Crippen LogP contribution in [0.1, 0.15) is 22.5 Å². The van der Waals surface area contributed by atoms with E-state index in [1.807, 2.05) is 25.3 Å². The number of hydrogen-bond donors (Lipinski definition) is 2. The molecule has 2 N–H and O–H groups in total. The van der Waals surface area contributed by atoms with E-state index in [9.17, 15) is 4.79 Å². The number of nitrogens with one attached hydrogen (secondary N) is 2. The van der Waals surface area contributed by atoms with Crippen LogP contribution in [0.25, 0.3) is 0 Å². The second-order valence-electron chi connectivity index (χ2n) is 8.24. The number of aryl methyl sites for hydroxylation is 1. The van der Waals surface area contributed by atoms with Gasteiger partial charge in [0.15, 0.2) is 18.0 Å². The molecule has 2 aliphatic heterocycles. The van der Waals surface area contributed by atoms with Crippen molar-refractivity contribution in [1.82, 2.24) is 20.1 Å². The molecule has 0 unspecified atom stereocenters. The Morgan fingerprint density at radius 1 is 1.15 bits per heavy atom. The second-order valence-corrected chi connectivity index (χ2v) is 8.24. The number of para-hydroxylation sites is 1. The van der Waals surface area contributed by atoms with Crippen molar-refractivity contribution in [2.45, 2.75) is 13.3 Å².